The number of nitro groups is 1. The third-order valence-corrected chi connectivity index (χ3v) is 2.44. The summed E-state index contributed by atoms with van der Waals surface area (Å²) in [6.45, 7) is 0. The minimum absolute atomic E-state index is 0.00236. The molecule has 3 N–H and O–H groups in total. The van der Waals surface area contributed by atoms with Crippen LogP contribution in [0.2, 0.25) is 0 Å². The Hall–Kier alpha value is -3.16. The van der Waals surface area contributed by atoms with Gasteiger partial charge in [-0.05, 0) is 12.1 Å². The number of hydrogen-bond donors (Lipinski definition) is 3. The van der Waals surface area contributed by atoms with Gasteiger partial charge in [0.15, 0.2) is 5.69 Å². The molecule has 0 aliphatic heterocycles. The lowest BCUT2D eigenvalue weighted by atomic mass is 10.2. The molecule has 1 heterocycles. The van der Waals surface area contributed by atoms with Crippen molar-refractivity contribution in [2.75, 3.05) is 5.32 Å². The minimum Gasteiger partial charge on any atom is -0.506 e. The zero-order valence-electron chi connectivity index (χ0n) is 9.98. The molecule has 0 fully saturated rings. The van der Waals surface area contributed by atoms with Crippen molar-refractivity contribution in [3.05, 3.63) is 52.3 Å². The van der Waals surface area contributed by atoms with Gasteiger partial charge in [0.1, 0.15) is 11.5 Å². The fourth-order valence-corrected chi connectivity index (χ4v) is 1.55. The van der Waals surface area contributed by atoms with Crippen molar-refractivity contribution in [3.63, 3.8) is 0 Å². The number of phenols is 1. The number of rotatable bonds is 3. The van der Waals surface area contributed by atoms with Crippen LogP contribution in [0.5, 0.6) is 11.5 Å². The molecular weight excluding hydrogens is 266 g/mol. The zero-order chi connectivity index (χ0) is 14.7. The number of aromatic hydroxyl groups is 2. The number of nitrogens with zero attached hydrogens (tertiary/aromatic N) is 2. The van der Waals surface area contributed by atoms with E-state index in [0.29, 0.717) is 0 Å². The SMILES string of the molecule is O=C(Nc1c(O)cccc1[N+](=O)[O-])c1cncc(O)c1. The molecule has 0 aliphatic carbocycles. The molecule has 102 valence electrons. The van der Waals surface area contributed by atoms with Crippen molar-refractivity contribution in [3.8, 4) is 11.5 Å². The van der Waals surface area contributed by atoms with Crippen LogP contribution in [0.25, 0.3) is 0 Å². The van der Waals surface area contributed by atoms with Gasteiger partial charge in [0.05, 0.1) is 16.7 Å². The molecule has 2 rings (SSSR count). The second kappa shape index (κ2) is 5.22. The summed E-state index contributed by atoms with van der Waals surface area (Å²) >= 11 is 0. The molecule has 8 nitrogen and oxygen atoms in total. The largest absolute Gasteiger partial charge is 0.506 e. The fraction of sp³-hybridized carbons (Fsp3) is 0. The number of nitrogens with one attached hydrogen (secondary N) is 1. The summed E-state index contributed by atoms with van der Waals surface area (Å²) in [6.07, 6.45) is 2.32. The number of aromatic nitrogens is 1. The summed E-state index contributed by atoms with van der Waals surface area (Å²) in [5.41, 5.74) is -0.750. The lowest BCUT2D eigenvalue weighted by Gasteiger charge is -2.07. The first-order valence-electron chi connectivity index (χ1n) is 5.41. The molecule has 2 aromatic rings. The Morgan fingerprint density at radius 1 is 1.30 bits per heavy atom. The highest BCUT2D eigenvalue weighted by atomic mass is 16.6. The summed E-state index contributed by atoms with van der Waals surface area (Å²) in [7, 11) is 0. The zero-order valence-corrected chi connectivity index (χ0v) is 9.98. The fourth-order valence-electron chi connectivity index (χ4n) is 1.55. The van der Waals surface area contributed by atoms with Crippen LogP contribution in [0, 0.1) is 10.1 Å². The van der Waals surface area contributed by atoms with E-state index in [9.17, 15) is 25.1 Å². The summed E-state index contributed by atoms with van der Waals surface area (Å²) in [6, 6.07) is 4.80. The van der Waals surface area contributed by atoms with Crippen LogP contribution in [-0.2, 0) is 0 Å². The Labute approximate surface area is 112 Å². The average molecular weight is 275 g/mol. The van der Waals surface area contributed by atoms with E-state index in [-0.39, 0.29) is 17.0 Å². The molecule has 1 aromatic carbocycles. The number of anilines is 1. The highest BCUT2D eigenvalue weighted by Gasteiger charge is 2.20. The van der Waals surface area contributed by atoms with E-state index in [4.69, 9.17) is 0 Å². The number of nitro benzene ring substituents is 1. The highest BCUT2D eigenvalue weighted by Crippen LogP contribution is 2.33. The van der Waals surface area contributed by atoms with Gasteiger partial charge < -0.3 is 15.5 Å². The maximum Gasteiger partial charge on any atom is 0.296 e. The van der Waals surface area contributed by atoms with Crippen molar-refractivity contribution < 1.29 is 19.9 Å². The van der Waals surface area contributed by atoms with Gasteiger partial charge in [-0.1, -0.05) is 6.07 Å². The Kier molecular flexibility index (Phi) is 3.47. The molecule has 1 aromatic heterocycles. The van der Waals surface area contributed by atoms with Gasteiger partial charge in [0.25, 0.3) is 11.6 Å². The number of para-hydroxylation sites is 1. The topological polar surface area (TPSA) is 126 Å². The van der Waals surface area contributed by atoms with Crippen LogP contribution in [-0.4, -0.2) is 26.0 Å². The molecule has 0 unspecified atom stereocenters. The predicted octanol–water partition coefficient (Wildman–Crippen LogP) is 1.65. The minimum atomic E-state index is -0.738. The molecule has 1 amide bonds. The van der Waals surface area contributed by atoms with Crippen molar-refractivity contribution >= 4 is 17.3 Å². The standard InChI is InChI=1S/C12H9N3O5/c16-8-4-7(5-13-6-8)12(18)14-11-9(15(19)20)2-1-3-10(11)17/h1-6,16-17H,(H,14,18). The van der Waals surface area contributed by atoms with E-state index in [1.165, 1.54) is 18.3 Å². The molecule has 0 saturated carbocycles. The van der Waals surface area contributed by atoms with Crippen LogP contribution in [0.4, 0.5) is 11.4 Å². The Balaban J connectivity index is 2.35. The van der Waals surface area contributed by atoms with E-state index >= 15 is 0 Å². The average Bonchev–Trinajstić information content (AvgIpc) is 2.40. The van der Waals surface area contributed by atoms with Crippen LogP contribution >= 0.6 is 0 Å². The molecule has 0 saturated heterocycles. The normalized spacial score (nSPS) is 10.0. The predicted molar refractivity (Wildman–Crippen MR) is 68.6 cm³/mol. The van der Waals surface area contributed by atoms with Gasteiger partial charge in [0, 0.05) is 12.3 Å². The highest BCUT2D eigenvalue weighted by molar-refractivity contribution is 6.06. The van der Waals surface area contributed by atoms with Crippen LogP contribution in [0.3, 0.4) is 0 Å². The molecule has 20 heavy (non-hydrogen) atoms. The van der Waals surface area contributed by atoms with E-state index < -0.39 is 22.3 Å². The first-order chi connectivity index (χ1) is 9.49. The van der Waals surface area contributed by atoms with Crippen molar-refractivity contribution in [2.24, 2.45) is 0 Å². The molecular formula is C12H9N3O5. The van der Waals surface area contributed by atoms with Gasteiger partial charge in [-0.3, -0.25) is 19.9 Å². The molecule has 0 aliphatic rings. The Morgan fingerprint density at radius 3 is 2.70 bits per heavy atom. The lowest BCUT2D eigenvalue weighted by molar-refractivity contribution is -0.384. The summed E-state index contributed by atoms with van der Waals surface area (Å²) in [4.78, 5) is 25.6. The molecule has 0 radical (unpaired) electrons. The van der Waals surface area contributed by atoms with Crippen molar-refractivity contribution in [1.82, 2.24) is 4.98 Å². The second-order valence-electron chi connectivity index (χ2n) is 3.81. The number of carbonyl (C=O) groups excluding carboxylic acids is 1. The summed E-state index contributed by atoms with van der Waals surface area (Å²) < 4.78 is 0. The van der Waals surface area contributed by atoms with Gasteiger partial charge in [-0.2, -0.15) is 0 Å². The van der Waals surface area contributed by atoms with E-state index in [1.807, 2.05) is 0 Å². The monoisotopic (exact) mass is 275 g/mol. The maximum atomic E-state index is 11.9. The Bertz CT molecular complexity index is 687. The number of phenolic OH excluding ortho intramolecular Hbond substituents is 1. The number of benzene rings is 1. The van der Waals surface area contributed by atoms with Gasteiger partial charge in [-0.25, -0.2) is 0 Å². The summed E-state index contributed by atoms with van der Waals surface area (Å²) in [5, 5.41) is 31.9. The number of hydrogen-bond acceptors (Lipinski definition) is 6. The third kappa shape index (κ3) is 2.64. The number of carbonyl (C=O) groups is 1. The van der Waals surface area contributed by atoms with Crippen LogP contribution in [0.15, 0.2) is 36.7 Å². The van der Waals surface area contributed by atoms with Crippen molar-refractivity contribution in [1.29, 1.82) is 0 Å². The molecule has 8 heteroatoms. The Morgan fingerprint density at radius 2 is 2.05 bits per heavy atom. The smallest absolute Gasteiger partial charge is 0.296 e. The third-order valence-electron chi connectivity index (χ3n) is 2.44. The molecule has 0 spiro atoms. The van der Waals surface area contributed by atoms with Gasteiger partial charge in [0.2, 0.25) is 0 Å². The number of pyridine rings is 1. The van der Waals surface area contributed by atoms with Crippen molar-refractivity contribution in [2.45, 2.75) is 0 Å². The first-order valence-corrected chi connectivity index (χ1v) is 5.41. The van der Waals surface area contributed by atoms with Crippen LogP contribution in [0.1, 0.15) is 10.4 Å². The number of amides is 1. The molecule has 0 atom stereocenters. The van der Waals surface area contributed by atoms with Gasteiger partial charge >= 0.3 is 0 Å². The quantitative estimate of drug-likeness (QED) is 0.444. The van der Waals surface area contributed by atoms with Gasteiger partial charge in [-0.15, -0.1) is 0 Å². The van der Waals surface area contributed by atoms with E-state index in [2.05, 4.69) is 10.3 Å². The van der Waals surface area contributed by atoms with E-state index in [1.54, 1.807) is 0 Å². The summed E-state index contributed by atoms with van der Waals surface area (Å²) in [5.74, 6) is -1.39. The lowest BCUT2D eigenvalue weighted by Crippen LogP contribution is -2.13. The molecule has 0 bridgehead atoms. The first kappa shape index (κ1) is 13.3. The van der Waals surface area contributed by atoms with E-state index in [0.717, 1.165) is 18.3 Å². The second-order valence-corrected chi connectivity index (χ2v) is 3.81. The van der Waals surface area contributed by atoms with Crippen LogP contribution < -0.4 is 5.32 Å². The maximum absolute atomic E-state index is 11.9.